The molecule has 0 aliphatic carbocycles. The van der Waals surface area contributed by atoms with E-state index in [1.807, 2.05) is 39.0 Å². The van der Waals surface area contributed by atoms with Crippen LogP contribution in [0.25, 0.3) is 10.9 Å². The van der Waals surface area contributed by atoms with Crippen LogP contribution in [0.15, 0.2) is 47.3 Å². The van der Waals surface area contributed by atoms with Crippen LogP contribution in [0.5, 0.6) is 5.75 Å². The van der Waals surface area contributed by atoms with E-state index < -0.39 is 11.5 Å². The van der Waals surface area contributed by atoms with Crippen LogP contribution in [-0.2, 0) is 6.54 Å². The van der Waals surface area contributed by atoms with Crippen molar-refractivity contribution in [1.82, 2.24) is 4.57 Å². The zero-order valence-electron chi connectivity index (χ0n) is 15.9. The predicted molar refractivity (Wildman–Crippen MR) is 109 cm³/mol. The number of aromatic hydroxyl groups is 1. The third-order valence-corrected chi connectivity index (χ3v) is 4.96. The van der Waals surface area contributed by atoms with Crippen LogP contribution in [0.1, 0.15) is 41.3 Å². The third kappa shape index (κ3) is 3.45. The minimum atomic E-state index is -0.595. The second-order valence-corrected chi connectivity index (χ2v) is 6.75. The fraction of sp³-hybridized carbons (Fsp3) is 0.273. The first-order valence-corrected chi connectivity index (χ1v) is 9.17. The van der Waals surface area contributed by atoms with Crippen LogP contribution in [0, 0.1) is 13.8 Å². The molecular weight excluding hydrogens is 340 g/mol. The Morgan fingerprint density at radius 1 is 1.11 bits per heavy atom. The summed E-state index contributed by atoms with van der Waals surface area (Å²) in [5.74, 6) is -0.867. The maximum Gasteiger partial charge on any atom is 0.267 e. The van der Waals surface area contributed by atoms with E-state index in [4.69, 9.17) is 0 Å². The number of carbonyl (C=O) groups is 1. The molecular formula is C22H24N2O3. The SMILES string of the molecule is CCCCn1c(=O)c(C(=O)Nc2cccc(C)c2C)c(O)c2ccccc21. The Hall–Kier alpha value is -3.08. The molecule has 0 fully saturated rings. The van der Waals surface area contributed by atoms with Gasteiger partial charge in [0.05, 0.1) is 5.52 Å². The van der Waals surface area contributed by atoms with Crippen molar-refractivity contribution in [1.29, 1.82) is 0 Å². The minimum absolute atomic E-state index is 0.217. The van der Waals surface area contributed by atoms with Crippen LogP contribution in [0.3, 0.4) is 0 Å². The molecule has 140 valence electrons. The summed E-state index contributed by atoms with van der Waals surface area (Å²) in [5.41, 5.74) is 2.55. The largest absolute Gasteiger partial charge is 0.506 e. The van der Waals surface area contributed by atoms with E-state index in [1.54, 1.807) is 28.8 Å². The van der Waals surface area contributed by atoms with Gasteiger partial charge in [-0.25, -0.2) is 0 Å². The monoisotopic (exact) mass is 364 g/mol. The molecule has 0 aliphatic heterocycles. The highest BCUT2D eigenvalue weighted by Crippen LogP contribution is 2.27. The number of hydrogen-bond donors (Lipinski definition) is 2. The lowest BCUT2D eigenvalue weighted by Crippen LogP contribution is -2.30. The van der Waals surface area contributed by atoms with Crippen molar-refractivity contribution < 1.29 is 9.90 Å². The zero-order chi connectivity index (χ0) is 19.6. The van der Waals surface area contributed by atoms with Gasteiger partial charge in [0.15, 0.2) is 0 Å². The van der Waals surface area contributed by atoms with E-state index in [1.165, 1.54) is 0 Å². The Morgan fingerprint density at radius 3 is 2.59 bits per heavy atom. The summed E-state index contributed by atoms with van der Waals surface area (Å²) in [6.45, 7) is 6.41. The first-order chi connectivity index (χ1) is 13.0. The van der Waals surface area contributed by atoms with E-state index in [0.29, 0.717) is 23.1 Å². The number of para-hydroxylation sites is 1. The quantitative estimate of drug-likeness (QED) is 0.706. The summed E-state index contributed by atoms with van der Waals surface area (Å²) in [7, 11) is 0. The topological polar surface area (TPSA) is 71.3 Å². The fourth-order valence-corrected chi connectivity index (χ4v) is 3.20. The van der Waals surface area contributed by atoms with Crippen LogP contribution in [-0.4, -0.2) is 15.6 Å². The molecule has 0 bridgehead atoms. The number of nitrogens with zero attached hydrogens (tertiary/aromatic N) is 1. The molecule has 0 unspecified atom stereocenters. The van der Waals surface area contributed by atoms with Crippen molar-refractivity contribution in [3.05, 3.63) is 69.5 Å². The molecule has 0 saturated heterocycles. The molecule has 0 atom stereocenters. The van der Waals surface area contributed by atoms with Gasteiger partial charge in [-0.05, 0) is 49.6 Å². The number of fused-ring (bicyclic) bond motifs is 1. The van der Waals surface area contributed by atoms with Crippen LogP contribution < -0.4 is 10.9 Å². The maximum absolute atomic E-state index is 13.0. The van der Waals surface area contributed by atoms with Gasteiger partial charge < -0.3 is 15.0 Å². The molecule has 5 heteroatoms. The summed E-state index contributed by atoms with van der Waals surface area (Å²) in [4.78, 5) is 25.9. The first-order valence-electron chi connectivity index (χ1n) is 9.17. The normalized spacial score (nSPS) is 10.9. The number of aromatic nitrogens is 1. The molecule has 0 radical (unpaired) electrons. The summed E-state index contributed by atoms with van der Waals surface area (Å²) in [6, 6.07) is 12.7. The lowest BCUT2D eigenvalue weighted by molar-refractivity contribution is 0.102. The summed E-state index contributed by atoms with van der Waals surface area (Å²) in [5, 5.41) is 14.0. The smallest absolute Gasteiger partial charge is 0.267 e. The number of benzene rings is 2. The molecule has 2 N–H and O–H groups in total. The number of unbranched alkanes of at least 4 members (excludes halogenated alkanes) is 1. The van der Waals surface area contributed by atoms with Gasteiger partial charge in [-0.1, -0.05) is 37.6 Å². The van der Waals surface area contributed by atoms with Crippen LogP contribution in [0.2, 0.25) is 0 Å². The highest BCUT2D eigenvalue weighted by atomic mass is 16.3. The Labute approximate surface area is 158 Å². The van der Waals surface area contributed by atoms with Crippen LogP contribution >= 0.6 is 0 Å². The number of anilines is 1. The van der Waals surface area contributed by atoms with Gasteiger partial charge in [-0.2, -0.15) is 0 Å². The lowest BCUT2D eigenvalue weighted by Gasteiger charge is -2.15. The lowest BCUT2D eigenvalue weighted by atomic mass is 10.1. The third-order valence-electron chi connectivity index (χ3n) is 4.96. The molecule has 0 spiro atoms. The summed E-state index contributed by atoms with van der Waals surface area (Å²) >= 11 is 0. The molecule has 3 aromatic rings. The maximum atomic E-state index is 13.0. The molecule has 2 aromatic carbocycles. The minimum Gasteiger partial charge on any atom is -0.506 e. The van der Waals surface area contributed by atoms with Crippen molar-refractivity contribution in [2.75, 3.05) is 5.32 Å². The summed E-state index contributed by atoms with van der Waals surface area (Å²) in [6.07, 6.45) is 1.73. The number of aryl methyl sites for hydroxylation is 2. The van der Waals surface area contributed by atoms with Gasteiger partial charge in [0.2, 0.25) is 0 Å². The van der Waals surface area contributed by atoms with Gasteiger partial charge in [-0.15, -0.1) is 0 Å². The molecule has 5 nitrogen and oxygen atoms in total. The van der Waals surface area contributed by atoms with E-state index >= 15 is 0 Å². The number of carbonyl (C=O) groups excluding carboxylic acids is 1. The van der Waals surface area contributed by atoms with E-state index in [2.05, 4.69) is 5.32 Å². The van der Waals surface area contributed by atoms with Crippen molar-refractivity contribution in [3.63, 3.8) is 0 Å². The molecule has 1 aromatic heterocycles. The van der Waals surface area contributed by atoms with Gasteiger partial charge in [0.25, 0.3) is 11.5 Å². The first kappa shape index (κ1) is 18.7. The van der Waals surface area contributed by atoms with E-state index in [9.17, 15) is 14.7 Å². The zero-order valence-corrected chi connectivity index (χ0v) is 15.9. The fourth-order valence-electron chi connectivity index (χ4n) is 3.20. The van der Waals surface area contributed by atoms with Gasteiger partial charge >= 0.3 is 0 Å². The van der Waals surface area contributed by atoms with E-state index in [-0.39, 0.29) is 11.3 Å². The predicted octanol–water partition coefficient (Wildman–Crippen LogP) is 4.38. The van der Waals surface area contributed by atoms with Crippen molar-refractivity contribution in [2.45, 2.75) is 40.2 Å². The van der Waals surface area contributed by atoms with Gasteiger partial charge in [0, 0.05) is 17.6 Å². The standard InChI is InChI=1S/C22H24N2O3/c1-4-5-13-24-18-12-7-6-10-16(18)20(25)19(22(24)27)21(26)23-17-11-8-9-14(2)15(17)3/h6-12,25H,4-5,13H2,1-3H3,(H,23,26). The Kier molecular flexibility index (Phi) is 5.31. The molecule has 27 heavy (non-hydrogen) atoms. The van der Waals surface area contributed by atoms with Crippen LogP contribution in [0.4, 0.5) is 5.69 Å². The van der Waals surface area contributed by atoms with Crippen molar-refractivity contribution in [3.8, 4) is 5.75 Å². The van der Waals surface area contributed by atoms with Crippen molar-refractivity contribution in [2.24, 2.45) is 0 Å². The molecule has 1 amide bonds. The number of pyridine rings is 1. The average molecular weight is 364 g/mol. The Bertz CT molecular complexity index is 1070. The van der Waals surface area contributed by atoms with E-state index in [0.717, 1.165) is 24.0 Å². The van der Waals surface area contributed by atoms with Gasteiger partial charge in [0.1, 0.15) is 11.3 Å². The van der Waals surface area contributed by atoms with Gasteiger partial charge in [-0.3, -0.25) is 9.59 Å². The number of hydrogen-bond acceptors (Lipinski definition) is 3. The average Bonchev–Trinajstić information content (AvgIpc) is 2.65. The number of amides is 1. The molecule has 3 rings (SSSR count). The van der Waals surface area contributed by atoms with Crippen molar-refractivity contribution >= 4 is 22.5 Å². The summed E-state index contributed by atoms with van der Waals surface area (Å²) < 4.78 is 1.58. The molecule has 1 heterocycles. The Balaban J connectivity index is 2.14. The highest BCUT2D eigenvalue weighted by molar-refractivity contribution is 6.09. The number of rotatable bonds is 5. The molecule has 0 aliphatic rings. The number of nitrogens with one attached hydrogen (secondary N) is 1. The highest BCUT2D eigenvalue weighted by Gasteiger charge is 2.22. The molecule has 0 saturated carbocycles. The Morgan fingerprint density at radius 2 is 1.85 bits per heavy atom. The second kappa shape index (κ2) is 7.66. The second-order valence-electron chi connectivity index (χ2n) is 6.75.